The van der Waals surface area contributed by atoms with E-state index in [2.05, 4.69) is 15.6 Å². The van der Waals surface area contributed by atoms with Gasteiger partial charge in [-0.15, -0.1) is 0 Å². The molecule has 42 heavy (non-hydrogen) atoms. The molecule has 0 spiro atoms. The van der Waals surface area contributed by atoms with Crippen LogP contribution in [0.25, 0.3) is 10.9 Å². The standard InChI is InChI=1S/C32H40N4O6/c1-20(2)15-27(36(3)32(40)26-17-23-24(34-26)11-8-12-29(23)41-4)31(39)35-25(16-22-13-14-33-30(22)38)28(37)19-42-18-21-9-6-5-7-10-21/h5-12,17,20,22,25,27,34H,13-16,18-19H2,1-4H3,(H,33,38)(H,35,39)/t22-,25-,27-/m0/s1. The van der Waals surface area contributed by atoms with Gasteiger partial charge in [0, 0.05) is 30.4 Å². The average Bonchev–Trinajstić information content (AvgIpc) is 3.60. The minimum Gasteiger partial charge on any atom is -0.496 e. The number of hydrogen-bond acceptors (Lipinski definition) is 6. The van der Waals surface area contributed by atoms with Gasteiger partial charge in [-0.2, -0.15) is 0 Å². The summed E-state index contributed by atoms with van der Waals surface area (Å²) in [4.78, 5) is 57.6. The van der Waals surface area contributed by atoms with E-state index in [0.717, 1.165) is 16.5 Å². The Bertz CT molecular complexity index is 1400. The number of rotatable bonds is 14. The second-order valence-electron chi connectivity index (χ2n) is 11.2. The summed E-state index contributed by atoms with van der Waals surface area (Å²) in [6.07, 6.45) is 1.13. The predicted octanol–water partition coefficient (Wildman–Crippen LogP) is 3.46. The molecule has 3 amide bonds. The molecule has 2 heterocycles. The Morgan fingerprint density at radius 2 is 1.86 bits per heavy atom. The van der Waals surface area contributed by atoms with Gasteiger partial charge in [0.15, 0.2) is 5.78 Å². The Morgan fingerprint density at radius 3 is 2.52 bits per heavy atom. The Morgan fingerprint density at radius 1 is 1.10 bits per heavy atom. The van der Waals surface area contributed by atoms with Crippen LogP contribution in [0.2, 0.25) is 0 Å². The number of aromatic nitrogens is 1. The third-order valence-corrected chi connectivity index (χ3v) is 7.60. The first-order valence-electron chi connectivity index (χ1n) is 14.3. The highest BCUT2D eigenvalue weighted by Crippen LogP contribution is 2.27. The maximum atomic E-state index is 13.8. The summed E-state index contributed by atoms with van der Waals surface area (Å²) in [7, 11) is 3.15. The third-order valence-electron chi connectivity index (χ3n) is 7.60. The van der Waals surface area contributed by atoms with Crippen LogP contribution in [0.4, 0.5) is 0 Å². The fourth-order valence-electron chi connectivity index (χ4n) is 5.28. The molecule has 4 rings (SSSR count). The van der Waals surface area contributed by atoms with Crippen LogP contribution >= 0.6 is 0 Å². The van der Waals surface area contributed by atoms with Crippen molar-refractivity contribution in [2.75, 3.05) is 27.3 Å². The Hall–Kier alpha value is -4.18. The van der Waals surface area contributed by atoms with Gasteiger partial charge in [-0.3, -0.25) is 19.2 Å². The molecule has 10 nitrogen and oxygen atoms in total. The van der Waals surface area contributed by atoms with E-state index >= 15 is 0 Å². The second kappa shape index (κ2) is 14.1. The molecule has 10 heteroatoms. The minimum absolute atomic E-state index is 0.0859. The first-order valence-corrected chi connectivity index (χ1v) is 14.3. The lowest BCUT2D eigenvalue weighted by Crippen LogP contribution is -2.53. The summed E-state index contributed by atoms with van der Waals surface area (Å²) in [5.41, 5.74) is 1.99. The molecule has 2 aromatic carbocycles. The lowest BCUT2D eigenvalue weighted by atomic mass is 9.95. The molecule has 3 N–H and O–H groups in total. The molecule has 0 aliphatic carbocycles. The Balaban J connectivity index is 1.50. The van der Waals surface area contributed by atoms with Crippen LogP contribution in [0, 0.1) is 11.8 Å². The smallest absolute Gasteiger partial charge is 0.270 e. The van der Waals surface area contributed by atoms with Crippen molar-refractivity contribution in [3.63, 3.8) is 0 Å². The summed E-state index contributed by atoms with van der Waals surface area (Å²) in [6.45, 7) is 4.50. The number of amides is 3. The van der Waals surface area contributed by atoms with Crippen LogP contribution in [0.5, 0.6) is 5.75 Å². The lowest BCUT2D eigenvalue weighted by Gasteiger charge is -2.30. The fraction of sp³-hybridized carbons (Fsp3) is 0.438. The normalized spacial score (nSPS) is 16.2. The van der Waals surface area contributed by atoms with Crippen molar-refractivity contribution in [3.8, 4) is 5.75 Å². The van der Waals surface area contributed by atoms with Crippen LogP contribution < -0.4 is 15.4 Å². The third kappa shape index (κ3) is 7.55. The summed E-state index contributed by atoms with van der Waals surface area (Å²) < 4.78 is 11.1. The number of nitrogens with zero attached hydrogens (tertiary/aromatic N) is 1. The number of aromatic amines is 1. The molecule has 0 radical (unpaired) electrons. The van der Waals surface area contributed by atoms with Crippen molar-refractivity contribution in [2.45, 2.75) is 51.8 Å². The van der Waals surface area contributed by atoms with Gasteiger partial charge in [0.1, 0.15) is 24.1 Å². The van der Waals surface area contributed by atoms with E-state index in [1.807, 2.05) is 62.4 Å². The molecule has 1 aliphatic heterocycles. The van der Waals surface area contributed by atoms with Crippen molar-refractivity contribution in [2.24, 2.45) is 11.8 Å². The number of carbonyl (C=O) groups is 4. The monoisotopic (exact) mass is 576 g/mol. The van der Waals surface area contributed by atoms with Gasteiger partial charge in [0.05, 0.1) is 19.8 Å². The first-order chi connectivity index (χ1) is 20.2. The molecule has 0 saturated carbocycles. The molecule has 1 fully saturated rings. The SMILES string of the molecule is COc1cccc2[nH]c(C(=O)N(C)[C@@H](CC(C)C)C(=O)N[C@@H](C[C@@H]3CCNC3=O)C(=O)COCc3ccccc3)cc12. The summed E-state index contributed by atoms with van der Waals surface area (Å²) in [5, 5.41) is 6.43. The van der Waals surface area contributed by atoms with Gasteiger partial charge < -0.3 is 30.0 Å². The van der Waals surface area contributed by atoms with E-state index in [1.165, 1.54) is 4.90 Å². The highest BCUT2D eigenvalue weighted by Gasteiger charge is 2.35. The molecule has 0 unspecified atom stereocenters. The zero-order valence-corrected chi connectivity index (χ0v) is 24.6. The molecular formula is C32H40N4O6. The summed E-state index contributed by atoms with van der Waals surface area (Å²) in [5.74, 6) is -0.938. The van der Waals surface area contributed by atoms with Crippen LogP contribution in [0.3, 0.4) is 0 Å². The molecule has 3 aromatic rings. The van der Waals surface area contributed by atoms with Gasteiger partial charge in [-0.05, 0) is 48.9 Å². The van der Waals surface area contributed by atoms with Crippen LogP contribution in [0.1, 0.15) is 49.2 Å². The van der Waals surface area contributed by atoms with Crippen molar-refractivity contribution in [3.05, 3.63) is 65.9 Å². The van der Waals surface area contributed by atoms with Crippen molar-refractivity contribution < 1.29 is 28.7 Å². The number of nitrogens with one attached hydrogen (secondary N) is 3. The number of ketones is 1. The fourth-order valence-corrected chi connectivity index (χ4v) is 5.28. The van der Waals surface area contributed by atoms with Crippen molar-refractivity contribution in [1.82, 2.24) is 20.5 Å². The zero-order chi connectivity index (χ0) is 30.2. The van der Waals surface area contributed by atoms with Crippen LogP contribution in [-0.2, 0) is 25.7 Å². The number of likely N-dealkylation sites (N-methyl/N-ethyl adjacent to an activating group) is 1. The maximum Gasteiger partial charge on any atom is 0.270 e. The van der Waals surface area contributed by atoms with Gasteiger partial charge in [0.2, 0.25) is 11.8 Å². The molecule has 224 valence electrons. The van der Waals surface area contributed by atoms with E-state index in [9.17, 15) is 19.2 Å². The second-order valence-corrected chi connectivity index (χ2v) is 11.2. The minimum atomic E-state index is -0.933. The van der Waals surface area contributed by atoms with Gasteiger partial charge >= 0.3 is 0 Å². The van der Waals surface area contributed by atoms with E-state index in [0.29, 0.717) is 30.8 Å². The predicted molar refractivity (Wildman–Crippen MR) is 159 cm³/mol. The summed E-state index contributed by atoms with van der Waals surface area (Å²) >= 11 is 0. The van der Waals surface area contributed by atoms with Gasteiger partial charge in [-0.25, -0.2) is 0 Å². The molecular weight excluding hydrogens is 536 g/mol. The van der Waals surface area contributed by atoms with E-state index in [1.54, 1.807) is 20.2 Å². The molecule has 1 aliphatic rings. The Labute approximate surface area is 246 Å². The van der Waals surface area contributed by atoms with E-state index in [4.69, 9.17) is 9.47 Å². The highest BCUT2D eigenvalue weighted by molar-refractivity contribution is 6.02. The number of carbonyl (C=O) groups excluding carboxylic acids is 4. The molecule has 1 saturated heterocycles. The number of H-pyrrole nitrogens is 1. The largest absolute Gasteiger partial charge is 0.496 e. The molecule has 3 atom stereocenters. The van der Waals surface area contributed by atoms with E-state index < -0.39 is 23.9 Å². The number of fused-ring (bicyclic) bond motifs is 1. The van der Waals surface area contributed by atoms with Gasteiger partial charge in [0.25, 0.3) is 5.91 Å². The number of benzene rings is 2. The first kappa shape index (κ1) is 30.8. The molecule has 1 aromatic heterocycles. The Kier molecular flexibility index (Phi) is 10.4. The zero-order valence-electron chi connectivity index (χ0n) is 24.6. The number of hydrogen-bond donors (Lipinski definition) is 3. The highest BCUT2D eigenvalue weighted by atomic mass is 16.5. The van der Waals surface area contributed by atoms with Crippen LogP contribution in [-0.4, -0.2) is 72.8 Å². The van der Waals surface area contributed by atoms with Gasteiger partial charge in [-0.1, -0.05) is 50.2 Å². The lowest BCUT2D eigenvalue weighted by molar-refractivity contribution is -0.134. The number of ether oxygens (including phenoxy) is 2. The topological polar surface area (TPSA) is 130 Å². The number of methoxy groups -OCH3 is 1. The van der Waals surface area contributed by atoms with Crippen molar-refractivity contribution in [1.29, 1.82) is 0 Å². The number of Topliss-reactive ketones (excluding diaryl/α,β-unsaturated/α-hetero) is 1. The summed E-state index contributed by atoms with van der Waals surface area (Å²) in [6, 6.07) is 14.9. The maximum absolute atomic E-state index is 13.8. The van der Waals surface area contributed by atoms with Crippen LogP contribution in [0.15, 0.2) is 54.6 Å². The van der Waals surface area contributed by atoms with Crippen molar-refractivity contribution >= 4 is 34.4 Å². The molecule has 0 bridgehead atoms. The quantitative estimate of drug-likeness (QED) is 0.270. The van der Waals surface area contributed by atoms with E-state index in [-0.39, 0.29) is 43.2 Å². The average molecular weight is 577 g/mol.